The zero-order valence-corrected chi connectivity index (χ0v) is 19.2. The molecule has 2 aromatic carbocycles. The Kier molecular flexibility index (Phi) is 11.3. The van der Waals surface area contributed by atoms with Crippen molar-refractivity contribution in [1.29, 1.82) is 0 Å². The van der Waals surface area contributed by atoms with Gasteiger partial charge in [0.1, 0.15) is 0 Å². The molecule has 0 bridgehead atoms. The summed E-state index contributed by atoms with van der Waals surface area (Å²) in [6.07, 6.45) is 14.4. The van der Waals surface area contributed by atoms with E-state index in [9.17, 15) is 0 Å². The number of hydrogen-bond donors (Lipinski definition) is 0. The van der Waals surface area contributed by atoms with Crippen molar-refractivity contribution < 1.29 is 21.2 Å². The summed E-state index contributed by atoms with van der Waals surface area (Å²) in [4.78, 5) is 0. The molecule has 0 saturated carbocycles. The second-order valence-electron chi connectivity index (χ2n) is 6.64. The summed E-state index contributed by atoms with van der Waals surface area (Å²) in [5.41, 5.74) is 2.43. The van der Waals surface area contributed by atoms with E-state index in [1.54, 1.807) is 0 Å². The molecule has 0 spiro atoms. The van der Waals surface area contributed by atoms with Crippen LogP contribution in [-0.2, 0) is 6.42 Å². The molecule has 0 aromatic heterocycles. The molecule has 0 saturated heterocycles. The van der Waals surface area contributed by atoms with E-state index in [4.69, 9.17) is 6.42 Å². The molecule has 1 heteroatoms. The topological polar surface area (TPSA) is 0 Å². The van der Waals surface area contributed by atoms with E-state index in [-0.39, 0.29) is 21.2 Å². The Labute approximate surface area is 187 Å². The van der Waals surface area contributed by atoms with Crippen molar-refractivity contribution in [2.75, 3.05) is 0 Å². The molecule has 0 nitrogen and oxygen atoms in total. The van der Waals surface area contributed by atoms with Gasteiger partial charge in [-0.05, 0) is 0 Å². The van der Waals surface area contributed by atoms with Gasteiger partial charge in [-0.3, -0.25) is 0 Å². The van der Waals surface area contributed by atoms with Gasteiger partial charge in [-0.25, -0.2) is 0 Å². The Morgan fingerprint density at radius 3 is 1.97 bits per heavy atom. The summed E-state index contributed by atoms with van der Waals surface area (Å²) >= 11 is -0.158. The van der Waals surface area contributed by atoms with Gasteiger partial charge in [0.2, 0.25) is 0 Å². The SMILES string of the molecule is C#CC#CC#CC#Cc1ccc([I-]c2ccc(CCCCCCCC)cc2)cc1. The molecule has 0 N–H and O–H groups in total. The fourth-order valence-corrected chi connectivity index (χ4v) is 4.94. The van der Waals surface area contributed by atoms with Crippen LogP contribution in [0.15, 0.2) is 48.5 Å². The average Bonchev–Trinajstić information content (AvgIpc) is 2.75. The van der Waals surface area contributed by atoms with Crippen LogP contribution in [0.3, 0.4) is 0 Å². The second-order valence-corrected chi connectivity index (χ2v) is 9.67. The van der Waals surface area contributed by atoms with Crippen LogP contribution in [-0.4, -0.2) is 0 Å². The predicted molar refractivity (Wildman–Crippen MR) is 119 cm³/mol. The van der Waals surface area contributed by atoms with Gasteiger partial charge in [-0.15, -0.1) is 0 Å². The van der Waals surface area contributed by atoms with E-state index in [1.807, 2.05) is 0 Å². The molecule has 0 unspecified atom stereocenters. The summed E-state index contributed by atoms with van der Waals surface area (Å²) in [6, 6.07) is 17.7. The van der Waals surface area contributed by atoms with Crippen molar-refractivity contribution >= 4 is 0 Å². The molecule has 0 fully saturated rings. The first-order chi connectivity index (χ1) is 14.3. The van der Waals surface area contributed by atoms with Gasteiger partial charge in [0.05, 0.1) is 0 Å². The third-order valence-corrected chi connectivity index (χ3v) is 7.01. The molecule has 0 radical (unpaired) electrons. The molecule has 146 valence electrons. The zero-order valence-electron chi connectivity index (χ0n) is 17.0. The van der Waals surface area contributed by atoms with Crippen LogP contribution in [0.4, 0.5) is 0 Å². The number of terminal acetylenes is 1. The number of halogens is 1. The standard InChI is InChI=1S/C28H26I/c1-3-5-7-9-11-13-15-25-17-21-27(22-18-25)29-28-23-19-26(20-24-28)16-14-12-10-8-6-4-2/h1,17-24H,4,6,8,10,12,14,16H2,2H3/q-1. The van der Waals surface area contributed by atoms with Gasteiger partial charge in [-0.2, -0.15) is 0 Å². The first-order valence-corrected chi connectivity index (χ1v) is 12.3. The predicted octanol–water partition coefficient (Wildman–Crippen LogP) is 2.71. The molecular formula is C28H26I-. The van der Waals surface area contributed by atoms with Gasteiger partial charge in [0.15, 0.2) is 0 Å². The molecule has 0 aliphatic carbocycles. The second kappa shape index (κ2) is 14.4. The third-order valence-electron chi connectivity index (χ3n) is 4.32. The number of aryl methyl sites for hydroxylation is 1. The van der Waals surface area contributed by atoms with Crippen LogP contribution in [0.2, 0.25) is 0 Å². The Balaban J connectivity index is 1.80. The Morgan fingerprint density at radius 2 is 1.28 bits per heavy atom. The van der Waals surface area contributed by atoms with Crippen LogP contribution < -0.4 is 21.2 Å². The molecule has 0 atom stereocenters. The minimum absolute atomic E-state index is 0.158. The fraction of sp³-hybridized carbons (Fsp3) is 0.286. The first kappa shape index (κ1) is 22.7. The maximum atomic E-state index is 5.02. The monoisotopic (exact) mass is 489 g/mol. The maximum absolute atomic E-state index is 5.02. The van der Waals surface area contributed by atoms with Crippen LogP contribution >= 0.6 is 0 Å². The minimum atomic E-state index is -0.158. The fourth-order valence-electron chi connectivity index (χ4n) is 2.78. The molecule has 0 aliphatic rings. The van der Waals surface area contributed by atoms with E-state index >= 15 is 0 Å². The van der Waals surface area contributed by atoms with Crippen molar-refractivity contribution in [3.05, 3.63) is 66.8 Å². The molecule has 0 heterocycles. The third kappa shape index (κ3) is 9.95. The Bertz CT molecular complexity index is 969. The van der Waals surface area contributed by atoms with Crippen LogP contribution in [0.5, 0.6) is 0 Å². The summed E-state index contributed by atoms with van der Waals surface area (Å²) in [6.45, 7) is 2.27. The zero-order chi connectivity index (χ0) is 20.6. The summed E-state index contributed by atoms with van der Waals surface area (Å²) in [7, 11) is 0. The normalized spacial score (nSPS) is 9.24. The Morgan fingerprint density at radius 1 is 0.690 bits per heavy atom. The molecule has 0 aliphatic heterocycles. The van der Waals surface area contributed by atoms with Crippen molar-refractivity contribution in [1.82, 2.24) is 0 Å². The van der Waals surface area contributed by atoms with Crippen LogP contribution in [0.25, 0.3) is 0 Å². The van der Waals surface area contributed by atoms with Gasteiger partial charge >= 0.3 is 188 Å². The summed E-state index contributed by atoms with van der Waals surface area (Å²) in [5, 5.41) is 0. The number of benzene rings is 2. The van der Waals surface area contributed by atoms with Crippen molar-refractivity contribution in [2.24, 2.45) is 0 Å². The first-order valence-electron chi connectivity index (χ1n) is 10.1. The summed E-state index contributed by atoms with van der Waals surface area (Å²) in [5.74, 6) is 18.3. The van der Waals surface area contributed by atoms with Crippen molar-refractivity contribution in [3.63, 3.8) is 0 Å². The van der Waals surface area contributed by atoms with Gasteiger partial charge in [0.25, 0.3) is 0 Å². The number of hydrogen-bond acceptors (Lipinski definition) is 0. The van der Waals surface area contributed by atoms with Crippen molar-refractivity contribution in [3.8, 4) is 47.9 Å². The quantitative estimate of drug-likeness (QED) is 0.289. The average molecular weight is 489 g/mol. The van der Waals surface area contributed by atoms with Gasteiger partial charge in [-0.1, -0.05) is 0 Å². The molecule has 2 rings (SSSR count). The number of unbranched alkanes of at least 4 members (excludes halogenated alkanes) is 5. The number of rotatable bonds is 9. The molecule has 29 heavy (non-hydrogen) atoms. The summed E-state index contributed by atoms with van der Waals surface area (Å²) < 4.78 is 2.84. The Hall–Kier alpha value is -2.59. The van der Waals surface area contributed by atoms with E-state index in [1.165, 1.54) is 57.6 Å². The van der Waals surface area contributed by atoms with E-state index in [2.05, 4.69) is 96.9 Å². The van der Waals surface area contributed by atoms with Crippen LogP contribution in [0, 0.1) is 55.0 Å². The van der Waals surface area contributed by atoms with E-state index in [0.29, 0.717) is 0 Å². The molecular weight excluding hydrogens is 463 g/mol. The van der Waals surface area contributed by atoms with Crippen LogP contribution in [0.1, 0.15) is 56.6 Å². The van der Waals surface area contributed by atoms with E-state index in [0.717, 1.165) is 5.56 Å². The van der Waals surface area contributed by atoms with Gasteiger partial charge < -0.3 is 0 Å². The molecule has 0 amide bonds. The van der Waals surface area contributed by atoms with Crippen molar-refractivity contribution in [2.45, 2.75) is 51.9 Å². The van der Waals surface area contributed by atoms with Gasteiger partial charge in [0, 0.05) is 0 Å². The van der Waals surface area contributed by atoms with E-state index < -0.39 is 0 Å². The molecule has 2 aromatic rings.